The molecule has 2 N–H and O–H groups in total. The van der Waals surface area contributed by atoms with E-state index in [0.717, 1.165) is 30.7 Å². The minimum Gasteiger partial charge on any atom is -0.495 e. The number of anilines is 1. The van der Waals surface area contributed by atoms with Crippen molar-refractivity contribution in [3.63, 3.8) is 0 Å². The predicted octanol–water partition coefficient (Wildman–Crippen LogP) is 1.30. The number of carbonyl (C=O) groups is 1. The summed E-state index contributed by atoms with van der Waals surface area (Å²) in [6.07, 6.45) is 0. The van der Waals surface area contributed by atoms with Crippen LogP contribution in [0.15, 0.2) is 22.7 Å². The van der Waals surface area contributed by atoms with Gasteiger partial charge in [0.05, 0.1) is 19.3 Å². The van der Waals surface area contributed by atoms with Crippen LogP contribution < -0.4 is 15.4 Å². The second-order valence-corrected chi connectivity index (χ2v) is 5.33. The average Bonchev–Trinajstić information content (AvgIpc) is 2.40. The Morgan fingerprint density at radius 1 is 1.47 bits per heavy atom. The van der Waals surface area contributed by atoms with Crippen LogP contribution in [0.4, 0.5) is 5.69 Å². The summed E-state index contributed by atoms with van der Waals surface area (Å²) in [6.45, 7) is 4.10. The standard InChI is InChI=1S/C13H18BrN3O2/c1-19-12-3-2-10(14)8-11(12)16-13(18)9-17-6-4-15-5-7-17/h2-3,8,15H,4-7,9H2,1H3,(H,16,18). The predicted molar refractivity (Wildman–Crippen MR) is 78.6 cm³/mol. The minimum atomic E-state index is -0.0155. The van der Waals surface area contributed by atoms with Crippen molar-refractivity contribution < 1.29 is 9.53 Å². The van der Waals surface area contributed by atoms with Gasteiger partial charge in [-0.1, -0.05) is 15.9 Å². The van der Waals surface area contributed by atoms with Crippen molar-refractivity contribution in [3.05, 3.63) is 22.7 Å². The number of methoxy groups -OCH3 is 1. The molecule has 1 fully saturated rings. The molecule has 1 saturated heterocycles. The van der Waals surface area contributed by atoms with E-state index in [1.165, 1.54) is 0 Å². The van der Waals surface area contributed by atoms with E-state index >= 15 is 0 Å². The number of nitrogens with zero attached hydrogens (tertiary/aromatic N) is 1. The number of halogens is 1. The lowest BCUT2D eigenvalue weighted by Gasteiger charge is -2.26. The molecule has 0 atom stereocenters. The SMILES string of the molecule is COc1ccc(Br)cc1NC(=O)CN1CCNCC1. The Labute approximate surface area is 121 Å². The Hall–Kier alpha value is -1.11. The number of ether oxygens (including phenoxy) is 1. The fourth-order valence-corrected chi connectivity index (χ4v) is 2.40. The van der Waals surface area contributed by atoms with Gasteiger partial charge in [-0.05, 0) is 18.2 Å². The van der Waals surface area contributed by atoms with Gasteiger partial charge in [0.2, 0.25) is 5.91 Å². The van der Waals surface area contributed by atoms with Crippen molar-refractivity contribution >= 4 is 27.5 Å². The highest BCUT2D eigenvalue weighted by Crippen LogP contribution is 2.27. The third-order valence-corrected chi connectivity index (χ3v) is 3.51. The summed E-state index contributed by atoms with van der Waals surface area (Å²) < 4.78 is 6.14. The van der Waals surface area contributed by atoms with Crippen molar-refractivity contribution in [1.82, 2.24) is 10.2 Å². The smallest absolute Gasteiger partial charge is 0.238 e. The summed E-state index contributed by atoms with van der Waals surface area (Å²) in [5, 5.41) is 6.16. The van der Waals surface area contributed by atoms with Gasteiger partial charge in [0.15, 0.2) is 0 Å². The minimum absolute atomic E-state index is 0.0155. The molecule has 0 bridgehead atoms. The number of nitrogens with one attached hydrogen (secondary N) is 2. The van der Waals surface area contributed by atoms with Crippen LogP contribution in [-0.4, -0.2) is 50.6 Å². The van der Waals surface area contributed by atoms with Gasteiger partial charge in [0.1, 0.15) is 5.75 Å². The highest BCUT2D eigenvalue weighted by atomic mass is 79.9. The molecular weight excluding hydrogens is 310 g/mol. The molecule has 0 spiro atoms. The van der Waals surface area contributed by atoms with Gasteiger partial charge >= 0.3 is 0 Å². The Morgan fingerprint density at radius 2 is 2.21 bits per heavy atom. The van der Waals surface area contributed by atoms with Crippen molar-refractivity contribution in [1.29, 1.82) is 0 Å². The zero-order valence-electron chi connectivity index (χ0n) is 10.9. The molecule has 1 heterocycles. The average molecular weight is 328 g/mol. The fourth-order valence-electron chi connectivity index (χ4n) is 2.04. The van der Waals surface area contributed by atoms with E-state index in [9.17, 15) is 4.79 Å². The van der Waals surface area contributed by atoms with Crippen LogP contribution in [0.3, 0.4) is 0 Å². The summed E-state index contributed by atoms with van der Waals surface area (Å²) in [5.74, 6) is 0.648. The Kier molecular flexibility index (Phi) is 5.18. The third kappa shape index (κ3) is 4.19. The normalized spacial score (nSPS) is 16.1. The van der Waals surface area contributed by atoms with Crippen LogP contribution >= 0.6 is 15.9 Å². The molecule has 104 valence electrons. The highest BCUT2D eigenvalue weighted by molar-refractivity contribution is 9.10. The maximum atomic E-state index is 12.0. The van der Waals surface area contributed by atoms with Gasteiger partial charge in [-0.3, -0.25) is 9.69 Å². The third-order valence-electron chi connectivity index (χ3n) is 3.01. The lowest BCUT2D eigenvalue weighted by molar-refractivity contribution is -0.117. The summed E-state index contributed by atoms with van der Waals surface area (Å²) in [5.41, 5.74) is 0.692. The van der Waals surface area contributed by atoms with E-state index in [0.29, 0.717) is 18.0 Å². The molecule has 1 aliphatic heterocycles. The molecule has 1 aromatic rings. The molecule has 1 aliphatic rings. The van der Waals surface area contributed by atoms with Crippen LogP contribution in [0.25, 0.3) is 0 Å². The van der Waals surface area contributed by atoms with E-state index in [1.54, 1.807) is 7.11 Å². The molecular formula is C13H18BrN3O2. The van der Waals surface area contributed by atoms with E-state index in [2.05, 4.69) is 31.5 Å². The first-order chi connectivity index (χ1) is 9.19. The first kappa shape index (κ1) is 14.3. The summed E-state index contributed by atoms with van der Waals surface area (Å²) in [7, 11) is 1.59. The fraction of sp³-hybridized carbons (Fsp3) is 0.462. The Morgan fingerprint density at radius 3 is 2.89 bits per heavy atom. The number of benzene rings is 1. The summed E-state index contributed by atoms with van der Waals surface area (Å²) >= 11 is 3.39. The van der Waals surface area contributed by atoms with E-state index in [4.69, 9.17) is 4.74 Å². The molecule has 0 unspecified atom stereocenters. The molecule has 0 radical (unpaired) electrons. The lowest BCUT2D eigenvalue weighted by Crippen LogP contribution is -2.46. The second kappa shape index (κ2) is 6.88. The number of rotatable bonds is 4. The number of hydrogen-bond acceptors (Lipinski definition) is 4. The highest BCUT2D eigenvalue weighted by Gasteiger charge is 2.14. The van der Waals surface area contributed by atoms with E-state index in [1.807, 2.05) is 18.2 Å². The maximum absolute atomic E-state index is 12.0. The van der Waals surface area contributed by atoms with Crippen molar-refractivity contribution in [2.24, 2.45) is 0 Å². The quantitative estimate of drug-likeness (QED) is 0.875. The molecule has 1 aromatic carbocycles. The van der Waals surface area contributed by atoms with Crippen LogP contribution in [0.5, 0.6) is 5.75 Å². The van der Waals surface area contributed by atoms with E-state index < -0.39 is 0 Å². The Bertz CT molecular complexity index is 448. The number of hydrogen-bond donors (Lipinski definition) is 2. The summed E-state index contributed by atoms with van der Waals surface area (Å²) in [4.78, 5) is 14.2. The first-order valence-electron chi connectivity index (χ1n) is 6.25. The maximum Gasteiger partial charge on any atom is 0.238 e. The van der Waals surface area contributed by atoms with Gasteiger partial charge in [-0.25, -0.2) is 0 Å². The van der Waals surface area contributed by atoms with Crippen molar-refractivity contribution in [2.75, 3.05) is 45.2 Å². The molecule has 5 nitrogen and oxygen atoms in total. The number of piperazine rings is 1. The Balaban J connectivity index is 1.95. The van der Waals surface area contributed by atoms with Gasteiger partial charge in [-0.15, -0.1) is 0 Å². The molecule has 1 amide bonds. The molecule has 0 aliphatic carbocycles. The van der Waals surface area contributed by atoms with Crippen LogP contribution in [0, 0.1) is 0 Å². The van der Waals surface area contributed by atoms with Crippen molar-refractivity contribution in [2.45, 2.75) is 0 Å². The van der Waals surface area contributed by atoms with Gasteiger partial charge < -0.3 is 15.4 Å². The van der Waals surface area contributed by atoms with Crippen LogP contribution in [0.1, 0.15) is 0 Å². The van der Waals surface area contributed by atoms with Gasteiger partial charge in [0, 0.05) is 30.7 Å². The summed E-state index contributed by atoms with van der Waals surface area (Å²) in [6, 6.07) is 5.55. The van der Waals surface area contributed by atoms with Crippen LogP contribution in [-0.2, 0) is 4.79 Å². The lowest BCUT2D eigenvalue weighted by atomic mass is 10.3. The number of carbonyl (C=O) groups excluding carboxylic acids is 1. The topological polar surface area (TPSA) is 53.6 Å². The molecule has 19 heavy (non-hydrogen) atoms. The van der Waals surface area contributed by atoms with Gasteiger partial charge in [-0.2, -0.15) is 0 Å². The zero-order chi connectivity index (χ0) is 13.7. The zero-order valence-corrected chi connectivity index (χ0v) is 12.5. The van der Waals surface area contributed by atoms with E-state index in [-0.39, 0.29) is 5.91 Å². The van der Waals surface area contributed by atoms with Crippen LogP contribution in [0.2, 0.25) is 0 Å². The molecule has 0 saturated carbocycles. The molecule has 6 heteroatoms. The molecule has 0 aromatic heterocycles. The first-order valence-corrected chi connectivity index (χ1v) is 7.05. The molecule has 2 rings (SSSR count). The largest absolute Gasteiger partial charge is 0.495 e. The van der Waals surface area contributed by atoms with Crippen molar-refractivity contribution in [3.8, 4) is 5.75 Å². The monoisotopic (exact) mass is 327 g/mol. The van der Waals surface area contributed by atoms with Gasteiger partial charge in [0.25, 0.3) is 0 Å². The number of amides is 1. The second-order valence-electron chi connectivity index (χ2n) is 4.42.